The minimum Gasteiger partial charge on any atom is -0.372 e. The fourth-order valence-corrected chi connectivity index (χ4v) is 2.36. The van der Waals surface area contributed by atoms with Crippen LogP contribution in [0.3, 0.4) is 0 Å². The quantitative estimate of drug-likeness (QED) is 0.478. The zero-order valence-corrected chi connectivity index (χ0v) is 14.8. The Kier molecular flexibility index (Phi) is 8.19. The smallest absolute Gasteiger partial charge is 0.0657 e. The Labute approximate surface area is 137 Å². The van der Waals surface area contributed by atoms with Gasteiger partial charge in [-0.3, -0.25) is 0 Å². The standard InChI is InChI=1S/C21H32O/c1-6-18(3)10-8-16-21(4,5)22-17-9-11-20-14-12-19(7-2)13-15-20/h6,9,11-15,18H,1,7-8,10,16-17H2,2-5H3/b11-9+. The zero-order chi connectivity index (χ0) is 16.4. The molecule has 0 bridgehead atoms. The largest absolute Gasteiger partial charge is 0.372 e. The first-order valence-electron chi connectivity index (χ1n) is 8.49. The summed E-state index contributed by atoms with van der Waals surface area (Å²) in [5.41, 5.74) is 2.55. The Morgan fingerprint density at radius 1 is 1.23 bits per heavy atom. The molecule has 0 aliphatic carbocycles. The first-order valence-corrected chi connectivity index (χ1v) is 8.49. The molecular formula is C21H32O. The molecule has 0 aliphatic rings. The summed E-state index contributed by atoms with van der Waals surface area (Å²) in [7, 11) is 0. The topological polar surface area (TPSA) is 9.23 Å². The van der Waals surface area contributed by atoms with Gasteiger partial charge in [-0.05, 0) is 50.2 Å². The van der Waals surface area contributed by atoms with Gasteiger partial charge in [-0.25, -0.2) is 0 Å². The molecule has 0 saturated heterocycles. The molecule has 1 aromatic rings. The number of rotatable bonds is 10. The van der Waals surface area contributed by atoms with Gasteiger partial charge in [0.2, 0.25) is 0 Å². The van der Waals surface area contributed by atoms with E-state index in [0.717, 1.165) is 12.8 Å². The SMILES string of the molecule is C=CC(C)CCCC(C)(C)OC/C=C/c1ccc(CC)cc1. The fraction of sp³-hybridized carbons (Fsp3) is 0.524. The molecule has 122 valence electrons. The predicted octanol–water partition coefficient (Wildman–Crippen LogP) is 6.05. The van der Waals surface area contributed by atoms with Gasteiger partial charge in [0.05, 0.1) is 12.2 Å². The Morgan fingerprint density at radius 3 is 2.50 bits per heavy atom. The highest BCUT2D eigenvalue weighted by Gasteiger charge is 2.17. The van der Waals surface area contributed by atoms with Crippen molar-refractivity contribution in [2.45, 2.75) is 59.0 Å². The second-order valence-electron chi connectivity index (χ2n) is 6.67. The third-order valence-electron chi connectivity index (χ3n) is 4.11. The number of hydrogen-bond acceptors (Lipinski definition) is 1. The molecule has 0 aliphatic heterocycles. The van der Waals surface area contributed by atoms with Crippen LogP contribution in [-0.4, -0.2) is 12.2 Å². The molecule has 22 heavy (non-hydrogen) atoms. The van der Waals surface area contributed by atoms with Gasteiger partial charge in [-0.2, -0.15) is 0 Å². The van der Waals surface area contributed by atoms with E-state index in [1.807, 2.05) is 6.08 Å². The molecule has 0 radical (unpaired) electrons. The van der Waals surface area contributed by atoms with Crippen LogP contribution in [0.4, 0.5) is 0 Å². The Morgan fingerprint density at radius 2 is 1.91 bits per heavy atom. The first kappa shape index (κ1) is 18.7. The molecule has 0 spiro atoms. The van der Waals surface area contributed by atoms with E-state index in [4.69, 9.17) is 4.74 Å². The average molecular weight is 300 g/mol. The maximum atomic E-state index is 6.00. The first-order chi connectivity index (χ1) is 10.5. The van der Waals surface area contributed by atoms with Crippen LogP contribution in [0.5, 0.6) is 0 Å². The van der Waals surface area contributed by atoms with Crippen molar-refractivity contribution in [3.8, 4) is 0 Å². The summed E-state index contributed by atoms with van der Waals surface area (Å²) in [5, 5.41) is 0. The molecule has 1 rings (SSSR count). The van der Waals surface area contributed by atoms with Crippen LogP contribution in [0.2, 0.25) is 0 Å². The van der Waals surface area contributed by atoms with Crippen molar-refractivity contribution < 1.29 is 4.74 Å². The average Bonchev–Trinajstić information content (AvgIpc) is 2.51. The van der Waals surface area contributed by atoms with Crippen molar-refractivity contribution in [3.63, 3.8) is 0 Å². The van der Waals surface area contributed by atoms with Crippen LogP contribution < -0.4 is 0 Å². The van der Waals surface area contributed by atoms with E-state index < -0.39 is 0 Å². The monoisotopic (exact) mass is 300 g/mol. The van der Waals surface area contributed by atoms with E-state index in [9.17, 15) is 0 Å². The summed E-state index contributed by atoms with van der Waals surface area (Å²) in [6.07, 6.45) is 10.8. The van der Waals surface area contributed by atoms with Crippen LogP contribution >= 0.6 is 0 Å². The van der Waals surface area contributed by atoms with Crippen LogP contribution in [0, 0.1) is 5.92 Å². The highest BCUT2D eigenvalue weighted by atomic mass is 16.5. The molecule has 1 atom stereocenters. The van der Waals surface area contributed by atoms with Crippen molar-refractivity contribution in [1.82, 2.24) is 0 Å². The lowest BCUT2D eigenvalue weighted by Crippen LogP contribution is -2.24. The number of hydrogen-bond donors (Lipinski definition) is 0. The lowest BCUT2D eigenvalue weighted by atomic mass is 9.97. The van der Waals surface area contributed by atoms with Crippen LogP contribution in [0.15, 0.2) is 43.0 Å². The van der Waals surface area contributed by atoms with Gasteiger partial charge in [0.25, 0.3) is 0 Å². The second kappa shape index (κ2) is 9.63. The van der Waals surface area contributed by atoms with Gasteiger partial charge in [0.1, 0.15) is 0 Å². The molecule has 0 amide bonds. The Hall–Kier alpha value is -1.34. The van der Waals surface area contributed by atoms with E-state index in [2.05, 4.69) is 70.7 Å². The van der Waals surface area contributed by atoms with Gasteiger partial charge in [0, 0.05) is 0 Å². The molecular weight excluding hydrogens is 268 g/mol. The predicted molar refractivity (Wildman–Crippen MR) is 98.1 cm³/mol. The maximum Gasteiger partial charge on any atom is 0.0657 e. The third kappa shape index (κ3) is 7.61. The van der Waals surface area contributed by atoms with Gasteiger partial charge >= 0.3 is 0 Å². The molecule has 0 heterocycles. The molecule has 0 fully saturated rings. The van der Waals surface area contributed by atoms with Crippen molar-refractivity contribution in [3.05, 3.63) is 54.1 Å². The highest BCUT2D eigenvalue weighted by molar-refractivity contribution is 5.49. The van der Waals surface area contributed by atoms with Crippen molar-refractivity contribution in [1.29, 1.82) is 0 Å². The third-order valence-corrected chi connectivity index (χ3v) is 4.11. The normalized spacial score (nSPS) is 13.5. The summed E-state index contributed by atoms with van der Waals surface area (Å²) >= 11 is 0. The Balaban J connectivity index is 2.31. The lowest BCUT2D eigenvalue weighted by molar-refractivity contribution is -0.00909. The molecule has 0 saturated carbocycles. The second-order valence-corrected chi connectivity index (χ2v) is 6.67. The van der Waals surface area contributed by atoms with Gasteiger partial charge in [0.15, 0.2) is 0 Å². The number of allylic oxidation sites excluding steroid dienone is 1. The Bertz CT molecular complexity index is 453. The van der Waals surface area contributed by atoms with Crippen LogP contribution in [0.25, 0.3) is 6.08 Å². The molecule has 1 aromatic carbocycles. The van der Waals surface area contributed by atoms with Crippen molar-refractivity contribution in [2.24, 2.45) is 5.92 Å². The number of ether oxygens (including phenoxy) is 1. The molecule has 1 heteroatoms. The minimum absolute atomic E-state index is 0.0582. The molecule has 1 unspecified atom stereocenters. The van der Waals surface area contributed by atoms with E-state index in [1.54, 1.807) is 0 Å². The minimum atomic E-state index is -0.0582. The maximum absolute atomic E-state index is 6.00. The summed E-state index contributed by atoms with van der Waals surface area (Å²) in [6, 6.07) is 8.70. The summed E-state index contributed by atoms with van der Waals surface area (Å²) in [4.78, 5) is 0. The van der Waals surface area contributed by atoms with Crippen molar-refractivity contribution in [2.75, 3.05) is 6.61 Å². The molecule has 0 aromatic heterocycles. The van der Waals surface area contributed by atoms with E-state index in [1.165, 1.54) is 24.0 Å². The molecule has 0 N–H and O–H groups in total. The van der Waals surface area contributed by atoms with E-state index >= 15 is 0 Å². The number of aryl methyl sites for hydroxylation is 1. The van der Waals surface area contributed by atoms with Crippen LogP contribution in [0.1, 0.15) is 58.1 Å². The van der Waals surface area contributed by atoms with Crippen molar-refractivity contribution >= 4 is 6.08 Å². The van der Waals surface area contributed by atoms with Gasteiger partial charge in [-0.15, -0.1) is 6.58 Å². The highest BCUT2D eigenvalue weighted by Crippen LogP contribution is 2.20. The van der Waals surface area contributed by atoms with Gasteiger partial charge in [-0.1, -0.05) is 62.8 Å². The van der Waals surface area contributed by atoms with Crippen LogP contribution in [-0.2, 0) is 11.2 Å². The number of benzene rings is 1. The van der Waals surface area contributed by atoms with E-state index in [-0.39, 0.29) is 5.60 Å². The lowest BCUT2D eigenvalue weighted by Gasteiger charge is -2.25. The van der Waals surface area contributed by atoms with E-state index in [0.29, 0.717) is 12.5 Å². The molecule has 1 nitrogen and oxygen atoms in total. The zero-order valence-electron chi connectivity index (χ0n) is 14.8. The summed E-state index contributed by atoms with van der Waals surface area (Å²) < 4.78 is 6.00. The van der Waals surface area contributed by atoms with Gasteiger partial charge < -0.3 is 4.74 Å². The summed E-state index contributed by atoms with van der Waals surface area (Å²) in [6.45, 7) is 13.2. The summed E-state index contributed by atoms with van der Waals surface area (Å²) in [5.74, 6) is 0.599. The fourth-order valence-electron chi connectivity index (χ4n) is 2.36.